The molecule has 0 spiro atoms. The van der Waals surface area contributed by atoms with Gasteiger partial charge in [0.05, 0.1) is 30.8 Å². The van der Waals surface area contributed by atoms with Crippen LogP contribution < -0.4 is 24.7 Å². The highest BCUT2D eigenvalue weighted by molar-refractivity contribution is 5.81. The molecule has 2 aromatic carbocycles. The third-order valence-electron chi connectivity index (χ3n) is 5.23. The van der Waals surface area contributed by atoms with Gasteiger partial charge in [-0.3, -0.25) is 4.79 Å². The molecule has 3 heterocycles. The molecule has 1 aromatic heterocycles. The molecule has 1 fully saturated rings. The van der Waals surface area contributed by atoms with Crippen molar-refractivity contribution in [3.63, 3.8) is 0 Å². The number of para-hydroxylation sites is 1. The smallest absolute Gasteiger partial charge is 0.294 e. The van der Waals surface area contributed by atoms with Gasteiger partial charge in [-0.05, 0) is 12.1 Å². The SMILES string of the molecule is O=c1c(N2CCOCC2)nc2cc3c(cc2n1CCOc1ccccc1)OCCO3. The van der Waals surface area contributed by atoms with Crippen molar-refractivity contribution in [3.8, 4) is 17.2 Å². The summed E-state index contributed by atoms with van der Waals surface area (Å²) in [5.74, 6) is 2.49. The van der Waals surface area contributed by atoms with Gasteiger partial charge < -0.3 is 28.4 Å². The van der Waals surface area contributed by atoms with Crippen LogP contribution in [-0.4, -0.2) is 55.7 Å². The van der Waals surface area contributed by atoms with Gasteiger partial charge in [-0.1, -0.05) is 18.2 Å². The van der Waals surface area contributed by atoms with Gasteiger partial charge >= 0.3 is 0 Å². The van der Waals surface area contributed by atoms with Gasteiger partial charge in [0.15, 0.2) is 17.3 Å². The van der Waals surface area contributed by atoms with Crippen molar-refractivity contribution >= 4 is 16.9 Å². The summed E-state index contributed by atoms with van der Waals surface area (Å²) in [5, 5.41) is 0. The molecular formula is C22H23N3O5. The Bertz CT molecular complexity index is 1090. The van der Waals surface area contributed by atoms with E-state index in [1.807, 2.05) is 47.4 Å². The van der Waals surface area contributed by atoms with Crippen LogP contribution in [-0.2, 0) is 11.3 Å². The number of anilines is 1. The van der Waals surface area contributed by atoms with Gasteiger partial charge in [-0.2, -0.15) is 0 Å². The molecule has 5 rings (SSSR count). The summed E-state index contributed by atoms with van der Waals surface area (Å²) >= 11 is 0. The number of hydrogen-bond acceptors (Lipinski definition) is 7. The summed E-state index contributed by atoms with van der Waals surface area (Å²) in [6.07, 6.45) is 0. The average Bonchev–Trinajstić information content (AvgIpc) is 2.80. The topological polar surface area (TPSA) is 75.1 Å². The highest BCUT2D eigenvalue weighted by Gasteiger charge is 2.22. The van der Waals surface area contributed by atoms with Crippen molar-refractivity contribution in [3.05, 3.63) is 52.8 Å². The van der Waals surface area contributed by atoms with Crippen LogP contribution in [0.4, 0.5) is 5.82 Å². The minimum Gasteiger partial charge on any atom is -0.492 e. The van der Waals surface area contributed by atoms with Gasteiger partial charge in [0.25, 0.3) is 5.56 Å². The van der Waals surface area contributed by atoms with E-state index < -0.39 is 0 Å². The lowest BCUT2D eigenvalue weighted by atomic mass is 10.2. The van der Waals surface area contributed by atoms with Crippen LogP contribution in [0.25, 0.3) is 11.0 Å². The van der Waals surface area contributed by atoms with Crippen molar-refractivity contribution in [2.75, 3.05) is 51.0 Å². The van der Waals surface area contributed by atoms with E-state index >= 15 is 0 Å². The van der Waals surface area contributed by atoms with Crippen LogP contribution in [0.2, 0.25) is 0 Å². The predicted molar refractivity (Wildman–Crippen MR) is 112 cm³/mol. The molecule has 8 nitrogen and oxygen atoms in total. The van der Waals surface area contributed by atoms with E-state index in [-0.39, 0.29) is 5.56 Å². The lowest BCUT2D eigenvalue weighted by molar-refractivity contribution is 0.122. The Kier molecular flexibility index (Phi) is 5.15. The summed E-state index contributed by atoms with van der Waals surface area (Å²) < 4.78 is 24.4. The number of morpholine rings is 1. The second-order valence-corrected chi connectivity index (χ2v) is 7.14. The first-order valence-corrected chi connectivity index (χ1v) is 10.1. The number of aromatic nitrogens is 2. The molecule has 0 saturated carbocycles. The zero-order valence-corrected chi connectivity index (χ0v) is 16.6. The van der Waals surface area contributed by atoms with E-state index in [9.17, 15) is 4.79 Å². The van der Waals surface area contributed by atoms with Gasteiger partial charge in [-0.15, -0.1) is 0 Å². The highest BCUT2D eigenvalue weighted by Crippen LogP contribution is 2.34. The number of benzene rings is 2. The fourth-order valence-corrected chi connectivity index (χ4v) is 3.74. The lowest BCUT2D eigenvalue weighted by Gasteiger charge is -2.28. The fraction of sp³-hybridized carbons (Fsp3) is 0.364. The van der Waals surface area contributed by atoms with E-state index in [0.29, 0.717) is 81.0 Å². The molecule has 3 aromatic rings. The van der Waals surface area contributed by atoms with Gasteiger partial charge in [0, 0.05) is 25.2 Å². The molecule has 0 atom stereocenters. The molecular weight excluding hydrogens is 386 g/mol. The molecule has 2 aliphatic rings. The van der Waals surface area contributed by atoms with Gasteiger partial charge in [-0.25, -0.2) is 4.98 Å². The molecule has 0 aliphatic carbocycles. The fourth-order valence-electron chi connectivity index (χ4n) is 3.74. The van der Waals surface area contributed by atoms with Crippen LogP contribution in [0.15, 0.2) is 47.3 Å². The Morgan fingerprint density at radius 2 is 1.70 bits per heavy atom. The monoisotopic (exact) mass is 409 g/mol. The standard InChI is InChI=1S/C22H23N3O5/c26-22-21(24-6-9-27-10-7-24)23-17-14-19-20(30-13-12-29-19)15-18(17)25(22)8-11-28-16-4-2-1-3-5-16/h1-5,14-15H,6-13H2. The van der Waals surface area contributed by atoms with Crippen molar-refractivity contribution in [1.82, 2.24) is 9.55 Å². The molecule has 0 bridgehead atoms. The molecule has 0 unspecified atom stereocenters. The maximum atomic E-state index is 13.4. The minimum absolute atomic E-state index is 0.141. The summed E-state index contributed by atoms with van der Waals surface area (Å²) in [6.45, 7) is 4.18. The zero-order valence-electron chi connectivity index (χ0n) is 16.6. The van der Waals surface area contributed by atoms with Crippen LogP contribution in [0.3, 0.4) is 0 Å². The van der Waals surface area contributed by atoms with Crippen LogP contribution >= 0.6 is 0 Å². The summed E-state index contributed by atoms with van der Waals surface area (Å²) in [5.41, 5.74) is 1.26. The quantitative estimate of drug-likeness (QED) is 0.639. The van der Waals surface area contributed by atoms with E-state index in [0.717, 1.165) is 5.75 Å². The largest absolute Gasteiger partial charge is 0.492 e. The molecule has 0 N–H and O–H groups in total. The van der Waals surface area contributed by atoms with Crippen LogP contribution in [0.5, 0.6) is 17.2 Å². The number of nitrogens with zero attached hydrogens (tertiary/aromatic N) is 3. The predicted octanol–water partition coefficient (Wildman–Crippen LogP) is 2.08. The number of rotatable bonds is 5. The van der Waals surface area contributed by atoms with Crippen molar-refractivity contribution in [2.45, 2.75) is 6.54 Å². The molecule has 2 aliphatic heterocycles. The molecule has 8 heteroatoms. The maximum absolute atomic E-state index is 13.4. The first-order chi connectivity index (χ1) is 14.8. The lowest BCUT2D eigenvalue weighted by Crippen LogP contribution is -2.41. The molecule has 156 valence electrons. The van der Waals surface area contributed by atoms with Crippen LogP contribution in [0, 0.1) is 0 Å². The van der Waals surface area contributed by atoms with E-state index in [2.05, 4.69) is 0 Å². The Morgan fingerprint density at radius 3 is 2.47 bits per heavy atom. The van der Waals surface area contributed by atoms with E-state index in [1.165, 1.54) is 0 Å². The molecule has 30 heavy (non-hydrogen) atoms. The Labute approximate surface area is 173 Å². The number of ether oxygens (including phenoxy) is 4. The Balaban J connectivity index is 1.54. The van der Waals surface area contributed by atoms with Crippen molar-refractivity contribution < 1.29 is 18.9 Å². The minimum atomic E-state index is -0.141. The second-order valence-electron chi connectivity index (χ2n) is 7.14. The third-order valence-corrected chi connectivity index (χ3v) is 5.23. The first kappa shape index (κ1) is 18.7. The average molecular weight is 409 g/mol. The molecule has 0 amide bonds. The Morgan fingerprint density at radius 1 is 0.967 bits per heavy atom. The van der Waals surface area contributed by atoms with Crippen LogP contribution in [0.1, 0.15) is 0 Å². The van der Waals surface area contributed by atoms with Gasteiger partial charge in [0.2, 0.25) is 0 Å². The second kappa shape index (κ2) is 8.23. The molecule has 0 radical (unpaired) electrons. The maximum Gasteiger partial charge on any atom is 0.294 e. The van der Waals surface area contributed by atoms with E-state index in [1.54, 1.807) is 4.57 Å². The highest BCUT2D eigenvalue weighted by atomic mass is 16.6. The summed E-state index contributed by atoms with van der Waals surface area (Å²) in [6, 6.07) is 13.3. The zero-order chi connectivity index (χ0) is 20.3. The Hall–Kier alpha value is -3.26. The summed E-state index contributed by atoms with van der Waals surface area (Å²) in [7, 11) is 0. The third kappa shape index (κ3) is 3.66. The first-order valence-electron chi connectivity index (χ1n) is 10.1. The van der Waals surface area contributed by atoms with Crippen molar-refractivity contribution in [2.24, 2.45) is 0 Å². The van der Waals surface area contributed by atoms with E-state index in [4.69, 9.17) is 23.9 Å². The number of fused-ring (bicyclic) bond motifs is 2. The van der Waals surface area contributed by atoms with Gasteiger partial charge in [0.1, 0.15) is 25.6 Å². The normalized spacial score (nSPS) is 15.9. The van der Waals surface area contributed by atoms with Crippen molar-refractivity contribution in [1.29, 1.82) is 0 Å². The number of hydrogen-bond donors (Lipinski definition) is 0. The summed E-state index contributed by atoms with van der Waals surface area (Å²) in [4.78, 5) is 20.1. The molecule has 1 saturated heterocycles.